The van der Waals surface area contributed by atoms with Crippen LogP contribution in [0.5, 0.6) is 5.75 Å². The molecule has 1 aliphatic carbocycles. The maximum atomic E-state index is 13.5. The molecule has 2 heterocycles. The largest absolute Gasteiger partial charge is 0.491 e. The first-order valence-electron chi connectivity index (χ1n) is 12.3. The van der Waals surface area contributed by atoms with Crippen LogP contribution in [0.4, 0.5) is 4.79 Å². The molecule has 1 aromatic heterocycles. The van der Waals surface area contributed by atoms with E-state index in [1.807, 2.05) is 37.8 Å². The lowest BCUT2D eigenvalue weighted by Gasteiger charge is -2.37. The van der Waals surface area contributed by atoms with Crippen molar-refractivity contribution in [2.24, 2.45) is 0 Å². The van der Waals surface area contributed by atoms with Crippen molar-refractivity contribution in [2.45, 2.75) is 77.4 Å². The topological polar surface area (TPSA) is 61.9 Å². The van der Waals surface area contributed by atoms with Crippen LogP contribution in [0.25, 0.3) is 0 Å². The normalized spacial score (nSPS) is 17.9. The zero-order valence-electron chi connectivity index (χ0n) is 21.0. The number of nitrogens with zero attached hydrogens (tertiary/aromatic N) is 2. The van der Waals surface area contributed by atoms with Crippen LogP contribution in [-0.2, 0) is 11.2 Å². The zero-order chi connectivity index (χ0) is 24.5. The Morgan fingerprint density at radius 2 is 1.88 bits per heavy atom. The van der Waals surface area contributed by atoms with Crippen LogP contribution in [0, 0.1) is 0 Å². The number of amides is 3. The van der Waals surface area contributed by atoms with Gasteiger partial charge in [-0.25, -0.2) is 4.79 Å². The van der Waals surface area contributed by atoms with E-state index >= 15 is 0 Å². The van der Waals surface area contributed by atoms with Crippen LogP contribution >= 0.6 is 11.3 Å². The van der Waals surface area contributed by atoms with Gasteiger partial charge in [-0.05, 0) is 80.7 Å². The molecule has 3 amide bonds. The van der Waals surface area contributed by atoms with Gasteiger partial charge in [0.15, 0.2) is 0 Å². The molecule has 0 radical (unpaired) electrons. The molecule has 0 saturated heterocycles. The van der Waals surface area contributed by atoms with Crippen molar-refractivity contribution in [1.82, 2.24) is 15.1 Å². The van der Waals surface area contributed by atoms with Gasteiger partial charge >= 0.3 is 6.03 Å². The number of hydrogen-bond acceptors (Lipinski definition) is 4. The summed E-state index contributed by atoms with van der Waals surface area (Å²) >= 11 is 1.74. The molecule has 2 aliphatic rings. The number of hydrogen-bond donors (Lipinski definition) is 1. The molecule has 1 aliphatic heterocycles. The minimum Gasteiger partial charge on any atom is -0.491 e. The van der Waals surface area contributed by atoms with Crippen LogP contribution in [-0.4, -0.2) is 53.0 Å². The van der Waals surface area contributed by atoms with Crippen LogP contribution in [0.15, 0.2) is 35.7 Å². The van der Waals surface area contributed by atoms with Gasteiger partial charge in [0.2, 0.25) is 5.91 Å². The van der Waals surface area contributed by atoms with E-state index in [-0.39, 0.29) is 36.1 Å². The summed E-state index contributed by atoms with van der Waals surface area (Å²) in [6.45, 7) is 11.4. The molecule has 2 aromatic rings. The summed E-state index contributed by atoms with van der Waals surface area (Å²) in [6, 6.07) is 10.2. The summed E-state index contributed by atoms with van der Waals surface area (Å²) in [5.41, 5.74) is 2.10. The Morgan fingerprint density at radius 3 is 2.50 bits per heavy atom. The van der Waals surface area contributed by atoms with E-state index in [1.54, 1.807) is 16.2 Å². The first kappa shape index (κ1) is 24.6. The average Bonchev–Trinajstić information content (AvgIpc) is 3.50. The Hall–Kier alpha value is -2.54. The van der Waals surface area contributed by atoms with Gasteiger partial charge in [-0.3, -0.25) is 4.79 Å². The molecule has 1 fully saturated rings. The summed E-state index contributed by atoms with van der Waals surface area (Å²) in [5, 5.41) is 5.12. The molecule has 184 valence electrons. The van der Waals surface area contributed by atoms with Crippen molar-refractivity contribution < 1.29 is 14.3 Å². The number of carbonyl (C=O) groups excluding carboxylic acids is 2. The number of thiophene rings is 1. The SMILES string of the molecule is CC(C)c1ccc(OC[C@H]2c3ccsc3CCN2C(=O)CN(C(=O)NC(C)(C)C)C2CC2)cc1. The van der Waals surface area contributed by atoms with Crippen molar-refractivity contribution in [3.8, 4) is 5.75 Å². The predicted molar refractivity (Wildman–Crippen MR) is 137 cm³/mol. The lowest BCUT2D eigenvalue weighted by Crippen LogP contribution is -2.53. The van der Waals surface area contributed by atoms with E-state index in [1.165, 1.54) is 16.0 Å². The van der Waals surface area contributed by atoms with Crippen LogP contribution < -0.4 is 10.1 Å². The lowest BCUT2D eigenvalue weighted by atomic mass is 10.00. The summed E-state index contributed by atoms with van der Waals surface area (Å²) in [5.74, 6) is 1.26. The summed E-state index contributed by atoms with van der Waals surface area (Å²) in [6.07, 6.45) is 2.76. The highest BCUT2D eigenvalue weighted by Gasteiger charge is 2.38. The van der Waals surface area contributed by atoms with Gasteiger partial charge in [0.05, 0.1) is 6.04 Å². The quantitative estimate of drug-likeness (QED) is 0.578. The molecule has 0 bridgehead atoms. The fourth-order valence-corrected chi connectivity index (χ4v) is 5.31. The van der Waals surface area contributed by atoms with Gasteiger partial charge < -0.3 is 19.9 Å². The molecule has 1 atom stereocenters. The van der Waals surface area contributed by atoms with Gasteiger partial charge in [-0.1, -0.05) is 26.0 Å². The highest BCUT2D eigenvalue weighted by Crippen LogP contribution is 2.35. The molecule has 1 N–H and O–H groups in total. The van der Waals surface area contributed by atoms with E-state index in [9.17, 15) is 9.59 Å². The van der Waals surface area contributed by atoms with Crippen molar-refractivity contribution in [2.75, 3.05) is 19.7 Å². The fourth-order valence-electron chi connectivity index (χ4n) is 4.38. The van der Waals surface area contributed by atoms with Crippen molar-refractivity contribution in [3.63, 3.8) is 0 Å². The Bertz CT molecular complexity index is 1000. The fraction of sp³-hybridized carbons (Fsp3) is 0.556. The molecule has 6 nitrogen and oxygen atoms in total. The van der Waals surface area contributed by atoms with Crippen LogP contribution in [0.2, 0.25) is 0 Å². The van der Waals surface area contributed by atoms with Crippen molar-refractivity contribution >= 4 is 23.3 Å². The molecule has 0 unspecified atom stereocenters. The standard InChI is InChI=1S/C27H37N3O3S/c1-18(2)19-6-10-21(11-7-19)33-17-23-22-13-15-34-24(22)12-14-29(23)25(31)16-30(20-8-9-20)26(32)28-27(3,4)5/h6-7,10-11,13,15,18,20,23H,8-9,12,14,16-17H2,1-5H3,(H,28,32)/t23-/m0/s1. The van der Waals surface area contributed by atoms with E-state index in [0.29, 0.717) is 19.1 Å². The van der Waals surface area contributed by atoms with E-state index in [2.05, 4.69) is 42.7 Å². The molecule has 1 saturated carbocycles. The molecule has 4 rings (SSSR count). The molecule has 34 heavy (non-hydrogen) atoms. The second kappa shape index (κ2) is 9.98. The molecule has 1 aromatic carbocycles. The van der Waals surface area contributed by atoms with E-state index in [4.69, 9.17) is 4.74 Å². The third kappa shape index (κ3) is 5.93. The predicted octanol–water partition coefficient (Wildman–Crippen LogP) is 5.35. The number of nitrogens with one attached hydrogen (secondary N) is 1. The number of carbonyl (C=O) groups is 2. The number of rotatable bonds is 7. The summed E-state index contributed by atoms with van der Waals surface area (Å²) < 4.78 is 6.18. The number of fused-ring (bicyclic) bond motifs is 1. The first-order chi connectivity index (χ1) is 16.1. The smallest absolute Gasteiger partial charge is 0.318 e. The second-order valence-corrected chi connectivity index (χ2v) is 11.7. The van der Waals surface area contributed by atoms with Gasteiger partial charge in [0, 0.05) is 23.0 Å². The average molecular weight is 484 g/mol. The van der Waals surface area contributed by atoms with E-state index in [0.717, 1.165) is 25.0 Å². The molecule has 7 heteroatoms. The van der Waals surface area contributed by atoms with Gasteiger partial charge in [0.25, 0.3) is 0 Å². The summed E-state index contributed by atoms with van der Waals surface area (Å²) in [4.78, 5) is 31.4. The Kier molecular flexibility index (Phi) is 7.22. The van der Waals surface area contributed by atoms with Gasteiger partial charge in [-0.15, -0.1) is 11.3 Å². The monoisotopic (exact) mass is 483 g/mol. The van der Waals surface area contributed by atoms with Crippen molar-refractivity contribution in [1.29, 1.82) is 0 Å². The Labute approximate surface area is 207 Å². The molecule has 0 spiro atoms. The second-order valence-electron chi connectivity index (χ2n) is 10.7. The molecular weight excluding hydrogens is 446 g/mol. The maximum absolute atomic E-state index is 13.5. The van der Waals surface area contributed by atoms with E-state index < -0.39 is 0 Å². The number of ether oxygens (including phenoxy) is 1. The third-order valence-electron chi connectivity index (χ3n) is 6.41. The molecular formula is C27H37N3O3S. The van der Waals surface area contributed by atoms with Crippen LogP contribution in [0.1, 0.15) is 75.4 Å². The van der Waals surface area contributed by atoms with Gasteiger partial charge in [0.1, 0.15) is 18.9 Å². The van der Waals surface area contributed by atoms with Crippen molar-refractivity contribution in [3.05, 3.63) is 51.7 Å². The number of benzene rings is 1. The van der Waals surface area contributed by atoms with Gasteiger partial charge in [-0.2, -0.15) is 0 Å². The minimum atomic E-state index is -0.342. The Balaban J connectivity index is 1.47. The lowest BCUT2D eigenvalue weighted by molar-refractivity contribution is -0.135. The summed E-state index contributed by atoms with van der Waals surface area (Å²) in [7, 11) is 0. The van der Waals surface area contributed by atoms with Crippen LogP contribution in [0.3, 0.4) is 0 Å². The minimum absolute atomic E-state index is 0.0171. The number of urea groups is 1. The highest BCUT2D eigenvalue weighted by molar-refractivity contribution is 7.10. The highest BCUT2D eigenvalue weighted by atomic mass is 32.1. The maximum Gasteiger partial charge on any atom is 0.318 e. The zero-order valence-corrected chi connectivity index (χ0v) is 21.8. The third-order valence-corrected chi connectivity index (χ3v) is 7.40. The first-order valence-corrected chi connectivity index (χ1v) is 13.2. The Morgan fingerprint density at radius 1 is 1.18 bits per heavy atom.